The number of rotatable bonds is 4. The summed E-state index contributed by atoms with van der Waals surface area (Å²) in [4.78, 5) is 14.4. The minimum atomic E-state index is -0.547. The summed E-state index contributed by atoms with van der Waals surface area (Å²) in [5.41, 5.74) is 0. The van der Waals surface area contributed by atoms with Gasteiger partial charge in [0.25, 0.3) is 5.91 Å². The normalized spacial score (nSPS) is 18.6. The van der Waals surface area contributed by atoms with Crippen LogP contribution in [0.4, 0.5) is 0 Å². The molecule has 0 saturated carbocycles. The van der Waals surface area contributed by atoms with Gasteiger partial charge in [0.15, 0.2) is 6.10 Å². The highest BCUT2D eigenvalue weighted by atomic mass is 35.5. The van der Waals surface area contributed by atoms with E-state index < -0.39 is 6.10 Å². The highest BCUT2D eigenvalue weighted by Gasteiger charge is 2.22. The molecule has 0 bridgehead atoms. The number of carbonyl (C=O) groups is 1. The lowest BCUT2D eigenvalue weighted by Gasteiger charge is -2.30. The zero-order valence-electron chi connectivity index (χ0n) is 11.9. The van der Waals surface area contributed by atoms with Crippen molar-refractivity contribution >= 4 is 17.5 Å². The number of ether oxygens (including phenoxy) is 1. The third-order valence-corrected chi connectivity index (χ3v) is 3.89. The number of carbonyl (C=O) groups excluding carboxylic acids is 1. The minimum absolute atomic E-state index is 0.0838. The van der Waals surface area contributed by atoms with E-state index in [1.165, 1.54) is 0 Å². The van der Waals surface area contributed by atoms with Gasteiger partial charge >= 0.3 is 0 Å². The van der Waals surface area contributed by atoms with Gasteiger partial charge in [-0.2, -0.15) is 0 Å². The fourth-order valence-corrected chi connectivity index (χ4v) is 2.44. The van der Waals surface area contributed by atoms with Gasteiger partial charge in [0.2, 0.25) is 0 Å². The summed E-state index contributed by atoms with van der Waals surface area (Å²) in [6.07, 6.45) is 1.43. The Balaban J connectivity index is 1.84. The van der Waals surface area contributed by atoms with Crippen molar-refractivity contribution in [1.29, 1.82) is 0 Å². The molecule has 5 heteroatoms. The van der Waals surface area contributed by atoms with Crippen molar-refractivity contribution in [3.63, 3.8) is 0 Å². The van der Waals surface area contributed by atoms with Gasteiger partial charge in [-0.25, -0.2) is 0 Å². The van der Waals surface area contributed by atoms with E-state index in [-0.39, 0.29) is 11.9 Å². The molecule has 1 amide bonds. The first-order valence-corrected chi connectivity index (χ1v) is 7.34. The smallest absolute Gasteiger partial charge is 0.260 e. The van der Waals surface area contributed by atoms with Crippen LogP contribution in [0.25, 0.3) is 0 Å². The number of para-hydroxylation sites is 1. The number of likely N-dealkylation sites (tertiary alicyclic amines) is 1. The molecule has 0 unspecified atom stereocenters. The highest BCUT2D eigenvalue weighted by molar-refractivity contribution is 6.32. The van der Waals surface area contributed by atoms with E-state index in [1.807, 2.05) is 12.1 Å². The molecule has 1 aromatic carbocycles. The average molecular weight is 297 g/mol. The lowest BCUT2D eigenvalue weighted by molar-refractivity contribution is -0.128. The number of piperidine rings is 1. The standard InChI is InChI=1S/C15H21ClN2O2/c1-11(20-14-6-4-3-5-13(14)16)15(19)17-12-7-9-18(2)10-8-12/h3-6,11-12H,7-10H2,1-2H3,(H,17,19)/t11-/m0/s1. The summed E-state index contributed by atoms with van der Waals surface area (Å²) in [6, 6.07) is 7.43. The molecule has 0 radical (unpaired) electrons. The molecule has 1 aliphatic heterocycles. The van der Waals surface area contributed by atoms with Crippen LogP contribution in [0.3, 0.4) is 0 Å². The van der Waals surface area contributed by atoms with E-state index >= 15 is 0 Å². The maximum Gasteiger partial charge on any atom is 0.260 e. The van der Waals surface area contributed by atoms with Crippen LogP contribution in [0.1, 0.15) is 19.8 Å². The second-order valence-electron chi connectivity index (χ2n) is 5.28. The summed E-state index contributed by atoms with van der Waals surface area (Å²) in [5.74, 6) is 0.458. The van der Waals surface area contributed by atoms with Gasteiger partial charge in [-0.1, -0.05) is 23.7 Å². The molecule has 110 valence electrons. The Morgan fingerprint density at radius 2 is 2.05 bits per heavy atom. The largest absolute Gasteiger partial charge is 0.479 e. The Hall–Kier alpha value is -1.26. The fraction of sp³-hybridized carbons (Fsp3) is 0.533. The summed E-state index contributed by atoms with van der Waals surface area (Å²) < 4.78 is 5.62. The van der Waals surface area contributed by atoms with Crippen LogP contribution in [0.5, 0.6) is 5.75 Å². The fourth-order valence-electron chi connectivity index (χ4n) is 2.26. The lowest BCUT2D eigenvalue weighted by Crippen LogP contribution is -2.47. The second kappa shape index (κ2) is 6.95. The van der Waals surface area contributed by atoms with Gasteiger partial charge in [-0.3, -0.25) is 4.79 Å². The van der Waals surface area contributed by atoms with Gasteiger partial charge in [-0.05, 0) is 52.0 Å². The number of nitrogens with one attached hydrogen (secondary N) is 1. The Kier molecular flexibility index (Phi) is 5.26. The third-order valence-electron chi connectivity index (χ3n) is 3.57. The zero-order chi connectivity index (χ0) is 14.5. The van der Waals surface area contributed by atoms with Crippen LogP contribution in [0.2, 0.25) is 5.02 Å². The van der Waals surface area contributed by atoms with Crippen LogP contribution in [0.15, 0.2) is 24.3 Å². The lowest BCUT2D eigenvalue weighted by atomic mass is 10.1. The minimum Gasteiger partial charge on any atom is -0.479 e. The Morgan fingerprint density at radius 3 is 2.70 bits per heavy atom. The van der Waals surface area contributed by atoms with Crippen LogP contribution in [-0.4, -0.2) is 43.1 Å². The molecule has 1 heterocycles. The van der Waals surface area contributed by atoms with Crippen molar-refractivity contribution in [3.8, 4) is 5.75 Å². The van der Waals surface area contributed by atoms with E-state index in [1.54, 1.807) is 19.1 Å². The van der Waals surface area contributed by atoms with Crippen molar-refractivity contribution in [2.75, 3.05) is 20.1 Å². The molecule has 1 aromatic rings. The SMILES string of the molecule is C[C@H](Oc1ccccc1Cl)C(=O)NC1CCN(C)CC1. The van der Waals surface area contributed by atoms with Crippen molar-refractivity contribution in [2.45, 2.75) is 31.9 Å². The Morgan fingerprint density at radius 1 is 1.40 bits per heavy atom. The first-order chi connectivity index (χ1) is 9.56. The van der Waals surface area contributed by atoms with E-state index in [0.29, 0.717) is 10.8 Å². The number of benzene rings is 1. The van der Waals surface area contributed by atoms with E-state index in [2.05, 4.69) is 17.3 Å². The predicted molar refractivity (Wildman–Crippen MR) is 80.2 cm³/mol. The Labute approximate surface area is 125 Å². The number of amides is 1. The maximum absolute atomic E-state index is 12.1. The second-order valence-corrected chi connectivity index (χ2v) is 5.68. The third kappa shape index (κ3) is 4.12. The molecule has 0 aliphatic carbocycles. The summed E-state index contributed by atoms with van der Waals surface area (Å²) in [5, 5.41) is 3.57. The van der Waals surface area contributed by atoms with E-state index in [0.717, 1.165) is 25.9 Å². The van der Waals surface area contributed by atoms with Crippen LogP contribution in [0, 0.1) is 0 Å². The van der Waals surface area contributed by atoms with Crippen molar-refractivity contribution in [2.24, 2.45) is 0 Å². The quantitative estimate of drug-likeness (QED) is 0.927. The number of nitrogens with zero attached hydrogens (tertiary/aromatic N) is 1. The van der Waals surface area contributed by atoms with Crippen molar-refractivity contribution in [1.82, 2.24) is 10.2 Å². The van der Waals surface area contributed by atoms with Crippen LogP contribution < -0.4 is 10.1 Å². The molecular formula is C15H21ClN2O2. The zero-order valence-corrected chi connectivity index (χ0v) is 12.7. The van der Waals surface area contributed by atoms with E-state index in [9.17, 15) is 4.79 Å². The molecule has 1 aliphatic rings. The van der Waals surface area contributed by atoms with Gasteiger partial charge in [-0.15, -0.1) is 0 Å². The molecule has 20 heavy (non-hydrogen) atoms. The van der Waals surface area contributed by atoms with Gasteiger partial charge in [0.1, 0.15) is 5.75 Å². The first kappa shape index (κ1) is 15.1. The first-order valence-electron chi connectivity index (χ1n) is 6.96. The van der Waals surface area contributed by atoms with Crippen LogP contribution in [-0.2, 0) is 4.79 Å². The number of hydrogen-bond donors (Lipinski definition) is 1. The monoisotopic (exact) mass is 296 g/mol. The molecule has 1 fully saturated rings. The molecule has 1 atom stereocenters. The van der Waals surface area contributed by atoms with Gasteiger partial charge in [0, 0.05) is 6.04 Å². The molecular weight excluding hydrogens is 276 g/mol. The number of hydrogen-bond acceptors (Lipinski definition) is 3. The summed E-state index contributed by atoms with van der Waals surface area (Å²) >= 11 is 6.02. The molecule has 0 spiro atoms. The van der Waals surface area contributed by atoms with Gasteiger partial charge in [0.05, 0.1) is 5.02 Å². The molecule has 4 nitrogen and oxygen atoms in total. The van der Waals surface area contributed by atoms with Crippen LogP contribution >= 0.6 is 11.6 Å². The molecule has 1 saturated heterocycles. The molecule has 2 rings (SSSR count). The van der Waals surface area contributed by atoms with Crippen molar-refractivity contribution in [3.05, 3.63) is 29.3 Å². The summed E-state index contributed by atoms with van der Waals surface area (Å²) in [6.45, 7) is 3.78. The average Bonchev–Trinajstić information content (AvgIpc) is 2.44. The number of halogens is 1. The summed E-state index contributed by atoms with van der Waals surface area (Å²) in [7, 11) is 2.10. The highest BCUT2D eigenvalue weighted by Crippen LogP contribution is 2.24. The van der Waals surface area contributed by atoms with E-state index in [4.69, 9.17) is 16.3 Å². The maximum atomic E-state index is 12.1. The Bertz CT molecular complexity index is 459. The van der Waals surface area contributed by atoms with Crippen molar-refractivity contribution < 1.29 is 9.53 Å². The topological polar surface area (TPSA) is 41.6 Å². The molecule has 1 N–H and O–H groups in total. The van der Waals surface area contributed by atoms with Gasteiger partial charge < -0.3 is 15.0 Å². The molecule has 0 aromatic heterocycles. The predicted octanol–water partition coefficient (Wildman–Crippen LogP) is 2.32.